The van der Waals surface area contributed by atoms with Gasteiger partial charge in [0.05, 0.1) is 11.5 Å². The van der Waals surface area contributed by atoms with E-state index in [1.54, 1.807) is 25.1 Å². The van der Waals surface area contributed by atoms with Gasteiger partial charge in [-0.2, -0.15) is 0 Å². The second-order valence-electron chi connectivity index (χ2n) is 4.13. The number of carbonyl (C=O) groups is 3. The summed E-state index contributed by atoms with van der Waals surface area (Å²) in [6, 6.07) is 4.75. The molecule has 1 aliphatic rings. The zero-order chi connectivity index (χ0) is 16.1. The Balaban J connectivity index is 2.21. The first-order valence-corrected chi connectivity index (χ1v) is 7.52. The van der Waals surface area contributed by atoms with Gasteiger partial charge in [-0.3, -0.25) is 14.9 Å². The van der Waals surface area contributed by atoms with Gasteiger partial charge in [-0.1, -0.05) is 11.6 Å². The van der Waals surface area contributed by atoms with Crippen LogP contribution in [0.2, 0.25) is 5.02 Å². The summed E-state index contributed by atoms with van der Waals surface area (Å²) in [6.07, 6.45) is 1.48. The van der Waals surface area contributed by atoms with E-state index in [0.29, 0.717) is 16.3 Å². The average molecular weight is 342 g/mol. The molecule has 0 aliphatic carbocycles. The maximum atomic E-state index is 11.6. The molecule has 6 nitrogen and oxygen atoms in total. The Labute approximate surface area is 135 Å². The molecule has 0 bridgehead atoms. The number of esters is 1. The lowest BCUT2D eigenvalue weighted by Crippen LogP contribution is -2.17. The first kappa shape index (κ1) is 16.4. The Morgan fingerprint density at radius 3 is 2.82 bits per heavy atom. The van der Waals surface area contributed by atoms with E-state index < -0.39 is 17.1 Å². The van der Waals surface area contributed by atoms with Crippen LogP contribution >= 0.6 is 23.4 Å². The van der Waals surface area contributed by atoms with E-state index in [-0.39, 0.29) is 18.1 Å². The highest BCUT2D eigenvalue weighted by Gasteiger charge is 2.25. The van der Waals surface area contributed by atoms with Crippen LogP contribution in [-0.2, 0) is 14.3 Å². The van der Waals surface area contributed by atoms with Crippen LogP contribution in [0, 0.1) is 0 Å². The summed E-state index contributed by atoms with van der Waals surface area (Å²) in [6.45, 7) is 1.70. The van der Waals surface area contributed by atoms with Crippen molar-refractivity contribution in [3.63, 3.8) is 0 Å². The SMILES string of the molecule is CCOC(=O)COc1ccc(Cl)cc1/C=C1\SC(=O)NC1=O. The maximum absolute atomic E-state index is 11.6. The molecule has 1 aliphatic heterocycles. The summed E-state index contributed by atoms with van der Waals surface area (Å²) in [5.41, 5.74) is 0.490. The smallest absolute Gasteiger partial charge is 0.344 e. The van der Waals surface area contributed by atoms with E-state index in [1.165, 1.54) is 6.08 Å². The third-order valence-corrected chi connectivity index (χ3v) is 3.60. The molecule has 22 heavy (non-hydrogen) atoms. The van der Waals surface area contributed by atoms with Crippen LogP contribution in [0.4, 0.5) is 4.79 Å². The zero-order valence-corrected chi connectivity index (χ0v) is 13.1. The highest BCUT2D eigenvalue weighted by Crippen LogP contribution is 2.30. The molecule has 0 radical (unpaired) electrons. The molecular weight excluding hydrogens is 330 g/mol. The molecule has 0 unspecified atom stereocenters. The van der Waals surface area contributed by atoms with Gasteiger partial charge in [0.15, 0.2) is 6.61 Å². The highest BCUT2D eigenvalue weighted by atomic mass is 35.5. The van der Waals surface area contributed by atoms with Gasteiger partial charge in [-0.05, 0) is 43.0 Å². The second kappa shape index (κ2) is 7.33. The molecule has 8 heteroatoms. The number of ether oxygens (including phenoxy) is 2. The van der Waals surface area contributed by atoms with Crippen molar-refractivity contribution in [1.29, 1.82) is 0 Å². The molecule has 1 heterocycles. The number of nitrogens with one attached hydrogen (secondary N) is 1. The number of carbonyl (C=O) groups excluding carboxylic acids is 3. The fourth-order valence-electron chi connectivity index (χ4n) is 1.67. The van der Waals surface area contributed by atoms with Gasteiger partial charge in [0.25, 0.3) is 11.1 Å². The number of thioether (sulfide) groups is 1. The number of amides is 2. The van der Waals surface area contributed by atoms with Crippen LogP contribution in [0.1, 0.15) is 12.5 Å². The number of hydrogen-bond donors (Lipinski definition) is 1. The van der Waals surface area contributed by atoms with Crippen molar-refractivity contribution in [3.05, 3.63) is 33.7 Å². The third kappa shape index (κ3) is 4.25. The average Bonchev–Trinajstić information content (AvgIpc) is 2.76. The Morgan fingerprint density at radius 1 is 1.41 bits per heavy atom. The molecule has 0 spiro atoms. The minimum absolute atomic E-state index is 0.230. The normalized spacial score (nSPS) is 15.8. The van der Waals surface area contributed by atoms with Crippen molar-refractivity contribution in [3.8, 4) is 5.75 Å². The van der Waals surface area contributed by atoms with Gasteiger partial charge < -0.3 is 9.47 Å². The summed E-state index contributed by atoms with van der Waals surface area (Å²) in [7, 11) is 0. The van der Waals surface area contributed by atoms with Crippen molar-refractivity contribution in [2.45, 2.75) is 6.92 Å². The van der Waals surface area contributed by atoms with Crippen molar-refractivity contribution >= 4 is 46.6 Å². The molecule has 1 N–H and O–H groups in total. The lowest BCUT2D eigenvalue weighted by molar-refractivity contribution is -0.145. The topological polar surface area (TPSA) is 81.7 Å². The van der Waals surface area contributed by atoms with Crippen molar-refractivity contribution in [2.24, 2.45) is 0 Å². The lowest BCUT2D eigenvalue weighted by atomic mass is 10.2. The van der Waals surface area contributed by atoms with E-state index in [0.717, 1.165) is 11.8 Å². The van der Waals surface area contributed by atoms with E-state index in [9.17, 15) is 14.4 Å². The van der Waals surface area contributed by atoms with E-state index in [2.05, 4.69) is 5.32 Å². The fraction of sp³-hybridized carbons (Fsp3) is 0.214. The number of benzene rings is 1. The van der Waals surface area contributed by atoms with Crippen LogP contribution in [0.15, 0.2) is 23.1 Å². The maximum Gasteiger partial charge on any atom is 0.344 e. The molecule has 0 atom stereocenters. The lowest BCUT2D eigenvalue weighted by Gasteiger charge is -2.09. The number of hydrogen-bond acceptors (Lipinski definition) is 6. The molecule has 1 fully saturated rings. The van der Waals surface area contributed by atoms with Gasteiger partial charge in [0.2, 0.25) is 0 Å². The molecule has 2 amide bonds. The van der Waals surface area contributed by atoms with Gasteiger partial charge in [0.1, 0.15) is 5.75 Å². The van der Waals surface area contributed by atoms with Crippen LogP contribution < -0.4 is 10.1 Å². The Kier molecular flexibility index (Phi) is 5.46. The van der Waals surface area contributed by atoms with Gasteiger partial charge >= 0.3 is 5.97 Å². The summed E-state index contributed by atoms with van der Waals surface area (Å²) >= 11 is 6.72. The Hall–Kier alpha value is -1.99. The molecule has 2 rings (SSSR count). The number of rotatable bonds is 5. The van der Waals surface area contributed by atoms with Crippen LogP contribution in [-0.4, -0.2) is 30.3 Å². The highest BCUT2D eigenvalue weighted by molar-refractivity contribution is 8.18. The standard InChI is InChI=1S/C14H12ClNO5S/c1-2-20-12(17)7-21-10-4-3-9(15)5-8(10)6-11-13(18)16-14(19)22-11/h3-6H,2,7H2,1H3,(H,16,18,19)/b11-6-. The van der Waals surface area contributed by atoms with Gasteiger partial charge in [0, 0.05) is 10.6 Å². The Bertz CT molecular complexity index is 659. The summed E-state index contributed by atoms with van der Waals surface area (Å²) < 4.78 is 10.1. The molecule has 116 valence electrons. The number of halogens is 1. The first-order valence-electron chi connectivity index (χ1n) is 6.32. The quantitative estimate of drug-likeness (QED) is 0.655. The van der Waals surface area contributed by atoms with Crippen molar-refractivity contribution in [1.82, 2.24) is 5.32 Å². The summed E-state index contributed by atoms with van der Waals surface area (Å²) in [4.78, 5) is 34.3. The van der Waals surface area contributed by atoms with Crippen molar-refractivity contribution in [2.75, 3.05) is 13.2 Å². The van der Waals surface area contributed by atoms with Crippen LogP contribution in [0.5, 0.6) is 5.75 Å². The summed E-state index contributed by atoms with van der Waals surface area (Å²) in [5, 5.41) is 2.15. The monoisotopic (exact) mass is 341 g/mol. The third-order valence-electron chi connectivity index (χ3n) is 2.55. The molecule has 1 saturated heterocycles. The predicted molar refractivity (Wildman–Crippen MR) is 82.7 cm³/mol. The fourth-order valence-corrected chi connectivity index (χ4v) is 2.52. The predicted octanol–water partition coefficient (Wildman–Crippen LogP) is 2.61. The number of imide groups is 1. The van der Waals surface area contributed by atoms with E-state index in [1.807, 2.05) is 0 Å². The zero-order valence-electron chi connectivity index (χ0n) is 11.6. The van der Waals surface area contributed by atoms with Crippen LogP contribution in [0.25, 0.3) is 6.08 Å². The van der Waals surface area contributed by atoms with E-state index in [4.69, 9.17) is 21.1 Å². The van der Waals surface area contributed by atoms with Crippen molar-refractivity contribution < 1.29 is 23.9 Å². The largest absolute Gasteiger partial charge is 0.481 e. The molecule has 1 aromatic rings. The first-order chi connectivity index (χ1) is 10.5. The van der Waals surface area contributed by atoms with Gasteiger partial charge in [-0.15, -0.1) is 0 Å². The summed E-state index contributed by atoms with van der Waals surface area (Å²) in [5.74, 6) is -0.622. The minimum Gasteiger partial charge on any atom is -0.481 e. The van der Waals surface area contributed by atoms with Crippen LogP contribution in [0.3, 0.4) is 0 Å². The second-order valence-corrected chi connectivity index (χ2v) is 5.58. The van der Waals surface area contributed by atoms with E-state index >= 15 is 0 Å². The Morgan fingerprint density at radius 2 is 2.18 bits per heavy atom. The minimum atomic E-state index is -0.501. The molecule has 0 aromatic heterocycles. The molecule has 1 aromatic carbocycles. The molecular formula is C14H12ClNO5S. The van der Waals surface area contributed by atoms with Gasteiger partial charge in [-0.25, -0.2) is 4.79 Å². The molecule has 0 saturated carbocycles.